The number of hydrogen-bond acceptors (Lipinski definition) is 4. The number of aromatic nitrogens is 1. The van der Waals surface area contributed by atoms with Crippen molar-refractivity contribution in [3.05, 3.63) is 17.3 Å². The van der Waals surface area contributed by atoms with E-state index in [1.165, 1.54) is 14.2 Å². The Kier molecular flexibility index (Phi) is 4.00. The molecule has 0 fully saturated rings. The minimum absolute atomic E-state index is 0.209. The lowest BCUT2D eigenvalue weighted by Gasteiger charge is -2.12. The predicted molar refractivity (Wildman–Crippen MR) is 52.5 cm³/mol. The van der Waals surface area contributed by atoms with E-state index in [-0.39, 0.29) is 11.6 Å². The van der Waals surface area contributed by atoms with Crippen LogP contribution < -0.4 is 9.47 Å². The van der Waals surface area contributed by atoms with Crippen LogP contribution in [-0.4, -0.2) is 24.4 Å². The maximum atomic E-state index is 12.8. The topological polar surface area (TPSA) is 48.4 Å². The first-order chi connectivity index (χ1) is 7.52. The fourth-order valence-electron chi connectivity index (χ4n) is 1.21. The standard InChI is InChI=1S/C9H8ClF2NO3/c1-15-4-3-13-9(16-2)6(7(10)14)5(4)8(11)12/h3,8H,1-2H3. The van der Waals surface area contributed by atoms with Gasteiger partial charge in [0.25, 0.3) is 11.7 Å². The molecule has 0 atom stereocenters. The molecule has 0 aliphatic rings. The van der Waals surface area contributed by atoms with Crippen LogP contribution in [0.4, 0.5) is 8.78 Å². The maximum Gasteiger partial charge on any atom is 0.268 e. The van der Waals surface area contributed by atoms with Crippen LogP contribution in [0.2, 0.25) is 0 Å². The van der Waals surface area contributed by atoms with Crippen molar-refractivity contribution in [2.75, 3.05) is 14.2 Å². The number of pyridine rings is 1. The molecule has 0 N–H and O–H groups in total. The van der Waals surface area contributed by atoms with Gasteiger partial charge in [-0.05, 0) is 11.6 Å². The summed E-state index contributed by atoms with van der Waals surface area (Å²) >= 11 is 5.22. The number of carbonyl (C=O) groups is 1. The average Bonchev–Trinajstić information content (AvgIpc) is 2.26. The van der Waals surface area contributed by atoms with Crippen LogP contribution in [0.5, 0.6) is 11.6 Å². The Bertz CT molecular complexity index is 412. The van der Waals surface area contributed by atoms with Crippen LogP contribution in [0.25, 0.3) is 0 Å². The van der Waals surface area contributed by atoms with Gasteiger partial charge in [0.2, 0.25) is 5.88 Å². The second-order valence-corrected chi connectivity index (χ2v) is 3.04. The molecular weight excluding hydrogens is 244 g/mol. The van der Waals surface area contributed by atoms with Gasteiger partial charge in [-0.3, -0.25) is 4.79 Å². The molecule has 16 heavy (non-hydrogen) atoms. The maximum absolute atomic E-state index is 12.8. The van der Waals surface area contributed by atoms with Gasteiger partial charge < -0.3 is 9.47 Å². The lowest BCUT2D eigenvalue weighted by Crippen LogP contribution is -2.06. The van der Waals surface area contributed by atoms with Gasteiger partial charge in [0.15, 0.2) is 0 Å². The number of hydrogen-bond donors (Lipinski definition) is 0. The predicted octanol–water partition coefficient (Wildman–Crippen LogP) is 2.42. The molecule has 0 unspecified atom stereocenters. The van der Waals surface area contributed by atoms with Crippen molar-refractivity contribution >= 4 is 16.8 Å². The van der Waals surface area contributed by atoms with Crippen LogP contribution in [0.1, 0.15) is 22.3 Å². The third-order valence-electron chi connectivity index (χ3n) is 1.88. The summed E-state index contributed by atoms with van der Waals surface area (Å²) in [5.41, 5.74) is -1.09. The number of carbonyl (C=O) groups excluding carboxylic acids is 1. The van der Waals surface area contributed by atoms with Gasteiger partial charge in [0, 0.05) is 0 Å². The van der Waals surface area contributed by atoms with Gasteiger partial charge in [-0.25, -0.2) is 13.8 Å². The van der Waals surface area contributed by atoms with Crippen molar-refractivity contribution in [3.8, 4) is 11.6 Å². The largest absolute Gasteiger partial charge is 0.495 e. The van der Waals surface area contributed by atoms with Crippen molar-refractivity contribution in [1.29, 1.82) is 0 Å². The Morgan fingerprint density at radius 1 is 1.44 bits per heavy atom. The molecule has 0 spiro atoms. The molecule has 4 nitrogen and oxygen atoms in total. The van der Waals surface area contributed by atoms with Gasteiger partial charge in [0.05, 0.1) is 26.0 Å². The quantitative estimate of drug-likeness (QED) is 0.771. The molecule has 1 rings (SSSR count). The molecule has 0 saturated carbocycles. The highest BCUT2D eigenvalue weighted by Crippen LogP contribution is 2.36. The van der Waals surface area contributed by atoms with E-state index in [9.17, 15) is 13.6 Å². The Balaban J connectivity index is 3.53. The van der Waals surface area contributed by atoms with E-state index in [2.05, 4.69) is 9.72 Å². The fraction of sp³-hybridized carbons (Fsp3) is 0.333. The molecule has 0 aromatic carbocycles. The van der Waals surface area contributed by atoms with Gasteiger partial charge >= 0.3 is 0 Å². The Labute approximate surface area is 95.1 Å². The smallest absolute Gasteiger partial charge is 0.268 e. The summed E-state index contributed by atoms with van der Waals surface area (Å²) in [6.45, 7) is 0. The van der Waals surface area contributed by atoms with E-state index in [4.69, 9.17) is 16.3 Å². The Morgan fingerprint density at radius 2 is 2.06 bits per heavy atom. The number of alkyl halides is 2. The molecule has 1 heterocycles. The first-order valence-electron chi connectivity index (χ1n) is 4.11. The van der Waals surface area contributed by atoms with Crippen LogP contribution in [0.3, 0.4) is 0 Å². The van der Waals surface area contributed by atoms with Gasteiger partial charge in [0.1, 0.15) is 11.3 Å². The minimum Gasteiger partial charge on any atom is -0.495 e. The first-order valence-corrected chi connectivity index (χ1v) is 4.49. The number of ether oxygens (including phenoxy) is 2. The highest BCUT2D eigenvalue weighted by atomic mass is 35.5. The monoisotopic (exact) mass is 251 g/mol. The first kappa shape index (κ1) is 12.6. The van der Waals surface area contributed by atoms with Crippen molar-refractivity contribution in [3.63, 3.8) is 0 Å². The third kappa shape index (κ3) is 2.21. The number of rotatable bonds is 4. The van der Waals surface area contributed by atoms with Crippen LogP contribution >= 0.6 is 11.6 Å². The van der Waals surface area contributed by atoms with Crippen LogP contribution in [-0.2, 0) is 0 Å². The van der Waals surface area contributed by atoms with Crippen molar-refractivity contribution in [2.24, 2.45) is 0 Å². The van der Waals surface area contributed by atoms with Crippen molar-refractivity contribution < 1.29 is 23.0 Å². The summed E-state index contributed by atoms with van der Waals surface area (Å²) in [6, 6.07) is 0. The number of methoxy groups -OCH3 is 2. The summed E-state index contributed by atoms with van der Waals surface area (Å²) in [5.74, 6) is -0.462. The fourth-order valence-corrected chi connectivity index (χ4v) is 1.40. The molecule has 88 valence electrons. The second-order valence-electron chi connectivity index (χ2n) is 2.70. The summed E-state index contributed by atoms with van der Waals surface area (Å²) in [6.07, 6.45) is -1.87. The van der Waals surface area contributed by atoms with Gasteiger partial charge in [-0.15, -0.1) is 0 Å². The third-order valence-corrected chi connectivity index (χ3v) is 2.06. The molecule has 1 aromatic heterocycles. The molecule has 0 radical (unpaired) electrons. The highest BCUT2D eigenvalue weighted by molar-refractivity contribution is 6.68. The van der Waals surface area contributed by atoms with Crippen LogP contribution in [0, 0.1) is 0 Å². The molecule has 0 aliphatic heterocycles. The zero-order chi connectivity index (χ0) is 12.3. The Hall–Kier alpha value is -1.43. The molecule has 0 aliphatic carbocycles. The zero-order valence-corrected chi connectivity index (χ0v) is 9.22. The summed E-state index contributed by atoms with van der Waals surface area (Å²) < 4.78 is 34.9. The normalized spacial score (nSPS) is 10.4. The number of halogens is 3. The SMILES string of the molecule is COc1cnc(OC)c(C(=O)Cl)c1C(F)F. The van der Waals surface area contributed by atoms with E-state index in [1.54, 1.807) is 0 Å². The van der Waals surface area contributed by atoms with Crippen molar-refractivity contribution in [1.82, 2.24) is 4.98 Å². The second kappa shape index (κ2) is 5.07. The summed E-state index contributed by atoms with van der Waals surface area (Å²) in [7, 11) is 2.39. The van der Waals surface area contributed by atoms with E-state index in [0.29, 0.717) is 0 Å². The molecule has 0 amide bonds. The number of nitrogens with zero attached hydrogens (tertiary/aromatic N) is 1. The van der Waals surface area contributed by atoms with E-state index >= 15 is 0 Å². The van der Waals surface area contributed by atoms with E-state index < -0.39 is 22.8 Å². The zero-order valence-electron chi connectivity index (χ0n) is 8.46. The van der Waals surface area contributed by atoms with Gasteiger partial charge in [-0.2, -0.15) is 0 Å². The molecular formula is C9H8ClF2NO3. The van der Waals surface area contributed by atoms with Crippen LogP contribution in [0.15, 0.2) is 6.20 Å². The molecule has 0 bridgehead atoms. The molecule has 1 aromatic rings. The summed E-state index contributed by atoms with van der Waals surface area (Å²) in [4.78, 5) is 14.7. The van der Waals surface area contributed by atoms with Gasteiger partial charge in [-0.1, -0.05) is 0 Å². The molecule has 7 heteroatoms. The highest BCUT2D eigenvalue weighted by Gasteiger charge is 2.27. The Morgan fingerprint density at radius 3 is 2.44 bits per heavy atom. The van der Waals surface area contributed by atoms with E-state index in [0.717, 1.165) is 6.20 Å². The molecule has 0 saturated heterocycles. The van der Waals surface area contributed by atoms with E-state index in [1.807, 2.05) is 0 Å². The van der Waals surface area contributed by atoms with Crippen molar-refractivity contribution in [2.45, 2.75) is 6.43 Å². The lowest BCUT2D eigenvalue weighted by atomic mass is 10.1. The summed E-state index contributed by atoms with van der Waals surface area (Å²) in [5, 5.41) is -1.07. The minimum atomic E-state index is -2.91. The average molecular weight is 252 g/mol. The lowest BCUT2D eigenvalue weighted by molar-refractivity contribution is 0.105.